The molecule has 1 aromatic carbocycles. The van der Waals surface area contributed by atoms with Crippen LogP contribution in [0.2, 0.25) is 0 Å². The second-order valence-electron chi connectivity index (χ2n) is 10.8. The van der Waals surface area contributed by atoms with Gasteiger partial charge in [0.05, 0.1) is 24.7 Å². The lowest BCUT2D eigenvalue weighted by Crippen LogP contribution is -2.59. The lowest BCUT2D eigenvalue weighted by molar-refractivity contribution is -0.154. The Morgan fingerprint density at radius 2 is 1.79 bits per heavy atom. The van der Waals surface area contributed by atoms with Crippen molar-refractivity contribution >= 4 is 29.2 Å². The van der Waals surface area contributed by atoms with E-state index in [4.69, 9.17) is 9.47 Å². The highest BCUT2D eigenvalue weighted by Crippen LogP contribution is 2.54. The Hall–Kier alpha value is -3.17. The Labute approximate surface area is 230 Å². The van der Waals surface area contributed by atoms with E-state index >= 15 is 0 Å². The topological polar surface area (TPSA) is 99.6 Å². The summed E-state index contributed by atoms with van der Waals surface area (Å²) in [7, 11) is 0. The summed E-state index contributed by atoms with van der Waals surface area (Å²) in [6, 6.07) is 6.22. The summed E-state index contributed by atoms with van der Waals surface area (Å²) in [4.78, 5) is 47.3. The van der Waals surface area contributed by atoms with Crippen molar-refractivity contribution in [1.82, 2.24) is 4.90 Å². The number of fused-ring (bicyclic) bond motifs is 2. The summed E-state index contributed by atoms with van der Waals surface area (Å²) in [5, 5.41) is 10.5. The highest BCUT2D eigenvalue weighted by Gasteiger charge is 2.72. The van der Waals surface area contributed by atoms with Crippen molar-refractivity contribution in [3.05, 3.63) is 48.6 Å². The van der Waals surface area contributed by atoms with Crippen molar-refractivity contribution in [2.45, 2.75) is 57.9 Å². The molecule has 9 nitrogen and oxygen atoms in total. The zero-order chi connectivity index (χ0) is 27.9. The third-order valence-corrected chi connectivity index (χ3v) is 8.99. The second-order valence-corrected chi connectivity index (χ2v) is 10.8. The van der Waals surface area contributed by atoms with Gasteiger partial charge in [0.1, 0.15) is 24.2 Å². The first-order chi connectivity index (χ1) is 18.8. The minimum Gasteiger partial charge on any atom is -0.461 e. The number of anilines is 2. The summed E-state index contributed by atoms with van der Waals surface area (Å²) in [5.41, 5.74) is 0.433. The fourth-order valence-corrected chi connectivity index (χ4v) is 6.74. The zero-order valence-corrected chi connectivity index (χ0v) is 23.2. The Bertz CT molecular complexity index is 1160. The lowest BCUT2D eigenvalue weighted by atomic mass is 9.78. The number of cyclic esters (lactones) is 1. The molecule has 4 aliphatic heterocycles. The SMILES string of the molecule is CC[C@H](C)[C@H](CO)N1C(=O)[C@@H]2[C@@H]3C(=O)OCC=C[C@@H]3O[C@@]23C=CCN(c2ccc(N(CC)CC)cc2)C(=O)C13. The molecule has 1 aromatic rings. The van der Waals surface area contributed by atoms with Crippen LogP contribution in [0.1, 0.15) is 34.1 Å². The molecule has 4 heterocycles. The Morgan fingerprint density at radius 1 is 1.08 bits per heavy atom. The van der Waals surface area contributed by atoms with Gasteiger partial charge >= 0.3 is 5.97 Å². The molecule has 5 rings (SSSR count). The fourth-order valence-electron chi connectivity index (χ4n) is 6.74. The van der Waals surface area contributed by atoms with Crippen LogP contribution in [-0.4, -0.2) is 84.4 Å². The number of benzene rings is 1. The number of aliphatic hydroxyl groups excluding tert-OH is 1. The molecule has 1 spiro atoms. The van der Waals surface area contributed by atoms with E-state index in [1.165, 1.54) is 4.90 Å². The van der Waals surface area contributed by atoms with Gasteiger partial charge in [-0.15, -0.1) is 0 Å². The first-order valence-corrected chi connectivity index (χ1v) is 14.1. The van der Waals surface area contributed by atoms with Crippen LogP contribution in [0.25, 0.3) is 0 Å². The highest BCUT2D eigenvalue weighted by molar-refractivity contribution is 6.05. The van der Waals surface area contributed by atoms with E-state index in [0.29, 0.717) is 18.7 Å². The van der Waals surface area contributed by atoms with Gasteiger partial charge in [-0.2, -0.15) is 0 Å². The largest absolute Gasteiger partial charge is 0.461 e. The first-order valence-electron chi connectivity index (χ1n) is 14.1. The molecule has 9 heteroatoms. The number of amides is 2. The third kappa shape index (κ3) is 4.26. The van der Waals surface area contributed by atoms with Crippen LogP contribution in [0.4, 0.5) is 11.4 Å². The van der Waals surface area contributed by atoms with Crippen molar-refractivity contribution in [1.29, 1.82) is 0 Å². The molecular weight excluding hydrogens is 498 g/mol. The van der Waals surface area contributed by atoms with Crippen LogP contribution in [0, 0.1) is 17.8 Å². The van der Waals surface area contributed by atoms with Crippen molar-refractivity contribution in [3.63, 3.8) is 0 Å². The molecule has 7 atom stereocenters. The van der Waals surface area contributed by atoms with Gasteiger partial charge in [-0.25, -0.2) is 0 Å². The van der Waals surface area contributed by atoms with Gasteiger partial charge in [-0.3, -0.25) is 14.4 Å². The molecule has 2 amide bonds. The molecule has 0 bridgehead atoms. The number of rotatable bonds is 8. The number of ether oxygens (including phenoxy) is 2. The summed E-state index contributed by atoms with van der Waals surface area (Å²) in [6.45, 7) is 10.0. The van der Waals surface area contributed by atoms with Gasteiger partial charge in [0, 0.05) is 31.0 Å². The molecule has 1 unspecified atom stereocenters. The standard InChI is InChI=1S/C30H39N3O6/c1-5-19(4)22(18-34)33-26-28(36)32(21-13-11-20(12-14-21)31(6-2)7-3)16-9-15-30(26)25(27(33)35)24-23(39-30)10-8-17-38-29(24)37/h8-15,19,22-26,34H,5-7,16-18H2,1-4H3/t19-,22-,23-,24+,25-,26?,30-/m0/s1. The van der Waals surface area contributed by atoms with Gasteiger partial charge in [0.25, 0.3) is 5.91 Å². The lowest BCUT2D eigenvalue weighted by Gasteiger charge is -2.40. The van der Waals surface area contributed by atoms with E-state index in [9.17, 15) is 19.5 Å². The molecular formula is C30H39N3O6. The Morgan fingerprint density at radius 3 is 2.44 bits per heavy atom. The van der Waals surface area contributed by atoms with E-state index in [-0.39, 0.29) is 30.9 Å². The Kier molecular flexibility index (Phi) is 7.57. The molecule has 4 aliphatic rings. The maximum Gasteiger partial charge on any atom is 0.313 e. The zero-order valence-electron chi connectivity index (χ0n) is 23.2. The molecule has 0 aromatic heterocycles. The number of nitrogens with zero attached hydrogens (tertiary/aromatic N) is 3. The number of carbonyl (C=O) groups excluding carboxylic acids is 3. The number of aliphatic hydroxyl groups is 1. The van der Waals surface area contributed by atoms with E-state index in [0.717, 1.165) is 18.8 Å². The van der Waals surface area contributed by atoms with Crippen LogP contribution in [-0.2, 0) is 23.9 Å². The van der Waals surface area contributed by atoms with Gasteiger partial charge in [0.2, 0.25) is 5.91 Å². The van der Waals surface area contributed by atoms with Gasteiger partial charge in [-0.1, -0.05) is 38.5 Å². The molecule has 2 saturated heterocycles. The van der Waals surface area contributed by atoms with Gasteiger partial charge < -0.3 is 29.3 Å². The summed E-state index contributed by atoms with van der Waals surface area (Å²) >= 11 is 0. The van der Waals surface area contributed by atoms with Crippen LogP contribution >= 0.6 is 0 Å². The maximum atomic E-state index is 14.5. The molecule has 39 heavy (non-hydrogen) atoms. The van der Waals surface area contributed by atoms with Crippen molar-refractivity contribution in [2.75, 3.05) is 42.6 Å². The van der Waals surface area contributed by atoms with Gasteiger partial charge in [0.15, 0.2) is 0 Å². The summed E-state index contributed by atoms with van der Waals surface area (Å²) in [5.74, 6) is -3.01. The number of carbonyl (C=O) groups is 3. The van der Waals surface area contributed by atoms with E-state index in [1.54, 1.807) is 17.1 Å². The number of likely N-dealkylation sites (tertiary alicyclic amines) is 1. The quantitative estimate of drug-likeness (QED) is 0.402. The van der Waals surface area contributed by atoms with E-state index in [1.807, 2.05) is 50.3 Å². The molecule has 0 aliphatic carbocycles. The van der Waals surface area contributed by atoms with Crippen molar-refractivity contribution in [2.24, 2.45) is 17.8 Å². The first kappa shape index (κ1) is 27.4. The predicted molar refractivity (Wildman–Crippen MR) is 147 cm³/mol. The van der Waals surface area contributed by atoms with Crippen molar-refractivity contribution in [3.8, 4) is 0 Å². The van der Waals surface area contributed by atoms with Gasteiger partial charge in [-0.05, 0) is 50.1 Å². The maximum absolute atomic E-state index is 14.5. The number of hydrogen-bond acceptors (Lipinski definition) is 7. The summed E-state index contributed by atoms with van der Waals surface area (Å²) < 4.78 is 12.0. The average Bonchev–Trinajstić information content (AvgIpc) is 3.24. The second kappa shape index (κ2) is 10.8. The summed E-state index contributed by atoms with van der Waals surface area (Å²) in [6.07, 6.45) is 7.19. The van der Waals surface area contributed by atoms with E-state index < -0.39 is 41.6 Å². The molecule has 2 fully saturated rings. The van der Waals surface area contributed by atoms with Crippen molar-refractivity contribution < 1.29 is 29.0 Å². The average molecular weight is 538 g/mol. The minimum atomic E-state index is -1.35. The molecule has 0 saturated carbocycles. The number of esters is 1. The fraction of sp³-hybridized carbons (Fsp3) is 0.567. The van der Waals surface area contributed by atoms with E-state index in [2.05, 4.69) is 18.7 Å². The smallest absolute Gasteiger partial charge is 0.313 e. The normalized spacial score (nSPS) is 31.3. The van der Waals surface area contributed by atoms with Crippen LogP contribution in [0.3, 0.4) is 0 Å². The minimum absolute atomic E-state index is 0.0755. The van der Waals surface area contributed by atoms with Crippen LogP contribution in [0.15, 0.2) is 48.6 Å². The molecule has 1 N–H and O–H groups in total. The Balaban J connectivity index is 1.60. The molecule has 0 radical (unpaired) electrons. The third-order valence-electron chi connectivity index (χ3n) is 8.99. The predicted octanol–water partition coefficient (Wildman–Crippen LogP) is 2.54. The monoisotopic (exact) mass is 537 g/mol. The van der Waals surface area contributed by atoms with Crippen LogP contribution < -0.4 is 9.80 Å². The molecule has 210 valence electrons. The van der Waals surface area contributed by atoms with Crippen LogP contribution in [0.5, 0.6) is 0 Å². The highest BCUT2D eigenvalue weighted by atomic mass is 16.6. The number of hydrogen-bond donors (Lipinski definition) is 1.